The summed E-state index contributed by atoms with van der Waals surface area (Å²) in [5.41, 5.74) is 0.296. The maximum absolute atomic E-state index is 11.9. The molecule has 2 atom stereocenters. The Morgan fingerprint density at radius 2 is 2.15 bits per heavy atom. The van der Waals surface area contributed by atoms with Crippen molar-refractivity contribution in [1.29, 1.82) is 0 Å². The fraction of sp³-hybridized carbons (Fsp3) is 0.684. The molecule has 0 spiro atoms. The van der Waals surface area contributed by atoms with Crippen molar-refractivity contribution in [3.63, 3.8) is 0 Å². The van der Waals surface area contributed by atoms with E-state index in [0.29, 0.717) is 29.0 Å². The van der Waals surface area contributed by atoms with Crippen molar-refractivity contribution in [2.24, 2.45) is 5.92 Å². The largest absolute Gasteiger partial charge is 0.465 e. The van der Waals surface area contributed by atoms with Crippen molar-refractivity contribution in [2.75, 3.05) is 25.6 Å². The third kappa shape index (κ3) is 5.83. The van der Waals surface area contributed by atoms with Gasteiger partial charge in [0.1, 0.15) is 11.4 Å². The Morgan fingerprint density at radius 3 is 2.77 bits per heavy atom. The number of anilines is 1. The van der Waals surface area contributed by atoms with E-state index in [2.05, 4.69) is 22.5 Å². The van der Waals surface area contributed by atoms with Crippen molar-refractivity contribution in [3.05, 3.63) is 22.8 Å². The Hall–Kier alpha value is -1.37. The molecular formula is C19H30ClN3O3. The third-order valence-electron chi connectivity index (χ3n) is 5.09. The SMILES string of the molecule is CCC(NC1CCCCC1)C(CO)CNc1ncc(Cl)cc1C(=O)OC. The Kier molecular flexibility index (Phi) is 8.62. The molecule has 1 heterocycles. The van der Waals surface area contributed by atoms with Crippen molar-refractivity contribution in [2.45, 2.75) is 57.5 Å². The van der Waals surface area contributed by atoms with Crippen molar-refractivity contribution >= 4 is 23.4 Å². The molecule has 1 aromatic rings. The van der Waals surface area contributed by atoms with Crippen LogP contribution in [0.4, 0.5) is 5.82 Å². The number of halogens is 1. The number of pyridine rings is 1. The maximum atomic E-state index is 11.9. The Morgan fingerprint density at radius 1 is 1.42 bits per heavy atom. The number of rotatable bonds is 9. The second-order valence-corrected chi connectivity index (χ2v) is 7.32. The lowest BCUT2D eigenvalue weighted by Crippen LogP contribution is -2.46. The molecule has 6 nitrogen and oxygen atoms in total. The van der Waals surface area contributed by atoms with Crippen LogP contribution in [0.2, 0.25) is 5.02 Å². The van der Waals surface area contributed by atoms with Crippen molar-refractivity contribution in [1.82, 2.24) is 10.3 Å². The number of nitrogens with zero attached hydrogens (tertiary/aromatic N) is 1. The van der Waals surface area contributed by atoms with Gasteiger partial charge in [-0.15, -0.1) is 0 Å². The summed E-state index contributed by atoms with van der Waals surface area (Å²) in [6, 6.07) is 2.28. The number of carbonyl (C=O) groups excluding carboxylic acids is 1. The summed E-state index contributed by atoms with van der Waals surface area (Å²) in [5, 5.41) is 17.2. The van der Waals surface area contributed by atoms with Crippen molar-refractivity contribution < 1.29 is 14.6 Å². The average molecular weight is 384 g/mol. The second kappa shape index (κ2) is 10.7. The number of carbonyl (C=O) groups is 1. The molecule has 1 aliphatic carbocycles. The normalized spacial score (nSPS) is 17.5. The number of aliphatic hydroxyl groups is 1. The highest BCUT2D eigenvalue weighted by Crippen LogP contribution is 2.22. The van der Waals surface area contributed by atoms with Crippen LogP contribution in [0.3, 0.4) is 0 Å². The second-order valence-electron chi connectivity index (χ2n) is 6.88. The molecular weight excluding hydrogens is 354 g/mol. The van der Waals surface area contributed by atoms with E-state index in [4.69, 9.17) is 16.3 Å². The minimum Gasteiger partial charge on any atom is -0.465 e. The van der Waals surface area contributed by atoms with Crippen LogP contribution >= 0.6 is 11.6 Å². The van der Waals surface area contributed by atoms with E-state index in [1.54, 1.807) is 0 Å². The Balaban J connectivity index is 2.01. The monoisotopic (exact) mass is 383 g/mol. The van der Waals surface area contributed by atoms with E-state index in [0.717, 1.165) is 6.42 Å². The van der Waals surface area contributed by atoms with Gasteiger partial charge >= 0.3 is 5.97 Å². The van der Waals surface area contributed by atoms with Gasteiger partial charge in [0, 0.05) is 37.4 Å². The lowest BCUT2D eigenvalue weighted by Gasteiger charge is -2.32. The number of hydrogen-bond acceptors (Lipinski definition) is 6. The minimum atomic E-state index is -0.490. The van der Waals surface area contributed by atoms with Crippen LogP contribution in [0.15, 0.2) is 12.3 Å². The van der Waals surface area contributed by atoms with Gasteiger partial charge in [0.15, 0.2) is 0 Å². The van der Waals surface area contributed by atoms with Crippen LogP contribution in [0, 0.1) is 5.92 Å². The molecule has 146 valence electrons. The molecule has 1 saturated carbocycles. The molecule has 2 rings (SSSR count). The summed E-state index contributed by atoms with van der Waals surface area (Å²) in [7, 11) is 1.32. The smallest absolute Gasteiger partial charge is 0.341 e. The van der Waals surface area contributed by atoms with E-state index in [1.807, 2.05) is 0 Å². The molecule has 1 aromatic heterocycles. The van der Waals surface area contributed by atoms with Crippen LogP contribution in [0.25, 0.3) is 0 Å². The first-order chi connectivity index (χ1) is 12.6. The molecule has 1 aliphatic rings. The molecule has 7 heteroatoms. The Bertz CT molecular complexity index is 579. The summed E-state index contributed by atoms with van der Waals surface area (Å²) in [6.45, 7) is 2.70. The fourth-order valence-corrected chi connectivity index (χ4v) is 3.72. The molecule has 3 N–H and O–H groups in total. The van der Waals surface area contributed by atoms with Gasteiger partial charge in [0.2, 0.25) is 0 Å². The van der Waals surface area contributed by atoms with Gasteiger partial charge in [-0.1, -0.05) is 37.8 Å². The third-order valence-corrected chi connectivity index (χ3v) is 5.30. The number of aromatic nitrogens is 1. The molecule has 0 aliphatic heterocycles. The quantitative estimate of drug-likeness (QED) is 0.568. The molecule has 0 amide bonds. The van der Waals surface area contributed by atoms with E-state index >= 15 is 0 Å². The van der Waals surface area contributed by atoms with Crippen LogP contribution in [-0.4, -0.2) is 48.4 Å². The molecule has 0 bridgehead atoms. The van der Waals surface area contributed by atoms with Crippen LogP contribution < -0.4 is 10.6 Å². The van der Waals surface area contributed by atoms with Gasteiger partial charge in [0.05, 0.1) is 12.1 Å². The van der Waals surface area contributed by atoms with E-state index in [9.17, 15) is 9.90 Å². The van der Waals surface area contributed by atoms with Gasteiger partial charge in [0.25, 0.3) is 0 Å². The zero-order valence-corrected chi connectivity index (χ0v) is 16.4. The summed E-state index contributed by atoms with van der Waals surface area (Å²) in [6.07, 6.45) is 8.68. The van der Waals surface area contributed by atoms with Gasteiger partial charge in [-0.2, -0.15) is 0 Å². The lowest BCUT2D eigenvalue weighted by atomic mass is 9.91. The van der Waals surface area contributed by atoms with E-state index < -0.39 is 5.97 Å². The number of methoxy groups -OCH3 is 1. The molecule has 0 saturated heterocycles. The molecule has 2 unspecified atom stereocenters. The number of aliphatic hydroxyl groups excluding tert-OH is 1. The van der Waals surface area contributed by atoms with Gasteiger partial charge in [-0.3, -0.25) is 0 Å². The Labute approximate surface area is 160 Å². The predicted octanol–water partition coefficient (Wildman–Crippen LogP) is 3.24. The van der Waals surface area contributed by atoms with E-state index in [-0.39, 0.29) is 18.6 Å². The summed E-state index contributed by atoms with van der Waals surface area (Å²) in [5.74, 6) is -0.0486. The average Bonchev–Trinajstić information content (AvgIpc) is 2.68. The predicted molar refractivity (Wildman–Crippen MR) is 104 cm³/mol. The highest BCUT2D eigenvalue weighted by molar-refractivity contribution is 6.30. The standard InChI is InChI=1S/C19H30ClN3O3/c1-3-17(23-15-7-5-4-6-8-15)13(12-24)10-21-18-16(19(25)26-2)9-14(20)11-22-18/h9,11,13,15,17,23-24H,3-8,10,12H2,1-2H3,(H,21,22). The van der Waals surface area contributed by atoms with Crippen LogP contribution in [-0.2, 0) is 4.74 Å². The summed E-state index contributed by atoms with van der Waals surface area (Å²) >= 11 is 5.94. The molecule has 0 aromatic carbocycles. The number of hydrogen-bond donors (Lipinski definition) is 3. The molecule has 1 fully saturated rings. The van der Waals surface area contributed by atoms with Gasteiger partial charge in [-0.25, -0.2) is 9.78 Å². The number of esters is 1. The molecule has 26 heavy (non-hydrogen) atoms. The first kappa shape index (κ1) is 20.9. The summed E-state index contributed by atoms with van der Waals surface area (Å²) < 4.78 is 4.79. The lowest BCUT2D eigenvalue weighted by molar-refractivity contribution is 0.0601. The highest BCUT2D eigenvalue weighted by Gasteiger charge is 2.24. The maximum Gasteiger partial charge on any atom is 0.341 e. The van der Waals surface area contributed by atoms with Crippen molar-refractivity contribution in [3.8, 4) is 0 Å². The van der Waals surface area contributed by atoms with Gasteiger partial charge < -0.3 is 20.5 Å². The highest BCUT2D eigenvalue weighted by atomic mass is 35.5. The van der Waals surface area contributed by atoms with E-state index in [1.165, 1.54) is 51.5 Å². The van der Waals surface area contributed by atoms with Crippen LogP contribution in [0.1, 0.15) is 55.8 Å². The minimum absolute atomic E-state index is 0.0184. The zero-order chi connectivity index (χ0) is 18.9. The summed E-state index contributed by atoms with van der Waals surface area (Å²) in [4.78, 5) is 16.1. The number of ether oxygens (including phenoxy) is 1. The first-order valence-electron chi connectivity index (χ1n) is 9.43. The van der Waals surface area contributed by atoms with Gasteiger partial charge in [-0.05, 0) is 25.3 Å². The zero-order valence-electron chi connectivity index (χ0n) is 15.6. The molecule has 0 radical (unpaired) electrons. The van der Waals surface area contributed by atoms with Crippen LogP contribution in [0.5, 0.6) is 0 Å². The number of nitrogens with one attached hydrogen (secondary N) is 2. The topological polar surface area (TPSA) is 83.5 Å². The fourth-order valence-electron chi connectivity index (χ4n) is 3.57. The first-order valence-corrected chi connectivity index (χ1v) is 9.81.